The molecule has 2 aromatic carbocycles. The second kappa shape index (κ2) is 7.78. The van der Waals surface area contributed by atoms with Crippen LogP contribution in [0.15, 0.2) is 72.9 Å². The van der Waals surface area contributed by atoms with Gasteiger partial charge in [0.1, 0.15) is 0 Å². The monoisotopic (exact) mass is 362 g/mol. The minimum atomic E-state index is -0.800. The molecule has 0 unspecified atom stereocenters. The lowest BCUT2D eigenvalue weighted by Gasteiger charge is -2.44. The number of carbonyl (C=O) groups is 2. The van der Waals surface area contributed by atoms with E-state index in [9.17, 15) is 9.59 Å². The van der Waals surface area contributed by atoms with Gasteiger partial charge in [0.25, 0.3) is 0 Å². The Morgan fingerprint density at radius 3 is 2.37 bits per heavy atom. The lowest BCUT2D eigenvalue weighted by molar-refractivity contribution is -0.140. The fourth-order valence-electron chi connectivity index (χ4n) is 3.59. The van der Waals surface area contributed by atoms with Gasteiger partial charge in [0.15, 0.2) is 0 Å². The Balaban J connectivity index is 1.77. The van der Waals surface area contributed by atoms with Crippen molar-refractivity contribution in [3.8, 4) is 0 Å². The molecule has 2 amide bonds. The molecule has 1 fully saturated rings. The van der Waals surface area contributed by atoms with Gasteiger partial charge in [-0.2, -0.15) is 0 Å². The van der Waals surface area contributed by atoms with Crippen LogP contribution in [0.25, 0.3) is 0 Å². The van der Waals surface area contributed by atoms with Crippen molar-refractivity contribution in [2.75, 3.05) is 0 Å². The van der Waals surface area contributed by atoms with Crippen LogP contribution in [0.1, 0.15) is 43.9 Å². The van der Waals surface area contributed by atoms with Crippen molar-refractivity contribution in [2.24, 2.45) is 5.41 Å². The summed E-state index contributed by atoms with van der Waals surface area (Å²) in [4.78, 5) is 27.3. The zero-order valence-electron chi connectivity index (χ0n) is 15.9. The van der Waals surface area contributed by atoms with Crippen molar-refractivity contribution in [3.63, 3.8) is 0 Å². The molecule has 0 aromatic heterocycles. The summed E-state index contributed by atoms with van der Waals surface area (Å²) in [6.07, 6.45) is 0.814. The van der Waals surface area contributed by atoms with Crippen molar-refractivity contribution in [1.82, 2.24) is 10.2 Å². The second-order valence-corrected chi connectivity index (χ2v) is 7.30. The Morgan fingerprint density at radius 2 is 1.74 bits per heavy atom. The molecule has 2 atom stereocenters. The van der Waals surface area contributed by atoms with Crippen LogP contribution in [0.3, 0.4) is 0 Å². The Hall–Kier alpha value is -2.88. The quantitative estimate of drug-likeness (QED) is 0.866. The van der Waals surface area contributed by atoms with Crippen molar-refractivity contribution in [2.45, 2.75) is 39.3 Å². The van der Waals surface area contributed by atoms with Gasteiger partial charge in [-0.05, 0) is 31.4 Å². The minimum Gasteiger partial charge on any atom is -0.351 e. The van der Waals surface area contributed by atoms with Gasteiger partial charge in [0, 0.05) is 18.7 Å². The first-order valence-electron chi connectivity index (χ1n) is 9.32. The maximum absolute atomic E-state index is 13.0. The van der Waals surface area contributed by atoms with Crippen LogP contribution < -0.4 is 5.32 Å². The van der Waals surface area contributed by atoms with Crippen molar-refractivity contribution in [1.29, 1.82) is 0 Å². The normalized spacial score (nSPS) is 21.0. The first-order valence-corrected chi connectivity index (χ1v) is 9.32. The second-order valence-electron chi connectivity index (χ2n) is 7.30. The van der Waals surface area contributed by atoms with E-state index in [2.05, 4.69) is 11.9 Å². The number of benzene rings is 2. The number of hydrogen-bond donors (Lipinski definition) is 1. The molecule has 0 spiro atoms. The predicted molar refractivity (Wildman–Crippen MR) is 106 cm³/mol. The molecule has 1 N–H and O–H groups in total. The highest BCUT2D eigenvalue weighted by atomic mass is 16.2. The molecule has 0 aliphatic carbocycles. The summed E-state index contributed by atoms with van der Waals surface area (Å²) in [6.45, 7) is 8.49. The smallest absolute Gasteiger partial charge is 0.232 e. The van der Waals surface area contributed by atoms with Crippen LogP contribution in [-0.2, 0) is 16.1 Å². The van der Waals surface area contributed by atoms with Gasteiger partial charge < -0.3 is 10.2 Å². The van der Waals surface area contributed by atoms with Gasteiger partial charge in [0.05, 0.1) is 11.5 Å². The van der Waals surface area contributed by atoms with Crippen LogP contribution in [0.4, 0.5) is 0 Å². The van der Waals surface area contributed by atoms with E-state index in [-0.39, 0.29) is 17.9 Å². The van der Waals surface area contributed by atoms with E-state index >= 15 is 0 Å². The number of nitrogens with one attached hydrogen (secondary N) is 1. The Bertz CT molecular complexity index is 832. The molecule has 1 aliphatic heterocycles. The van der Waals surface area contributed by atoms with E-state index in [1.54, 1.807) is 4.90 Å². The third-order valence-corrected chi connectivity index (χ3v) is 5.50. The fraction of sp³-hybridized carbons (Fsp3) is 0.304. The molecule has 27 heavy (non-hydrogen) atoms. The molecule has 140 valence electrons. The number of amides is 2. The molecule has 0 bridgehead atoms. The van der Waals surface area contributed by atoms with Crippen LogP contribution in [-0.4, -0.2) is 16.7 Å². The van der Waals surface area contributed by atoms with E-state index in [0.29, 0.717) is 25.1 Å². The first-order chi connectivity index (χ1) is 12.9. The summed E-state index contributed by atoms with van der Waals surface area (Å²) in [7, 11) is 0. The zero-order chi connectivity index (χ0) is 19.4. The number of rotatable bonds is 5. The van der Waals surface area contributed by atoms with E-state index in [1.165, 1.54) is 0 Å². The van der Waals surface area contributed by atoms with Crippen LogP contribution in [0.5, 0.6) is 0 Å². The average Bonchev–Trinajstić information content (AvgIpc) is 2.70. The highest BCUT2D eigenvalue weighted by molar-refractivity contribution is 5.90. The molecule has 4 heteroatoms. The summed E-state index contributed by atoms with van der Waals surface area (Å²) >= 11 is 0. The van der Waals surface area contributed by atoms with Gasteiger partial charge in [-0.25, -0.2) is 0 Å². The number of likely N-dealkylation sites (tertiary alicyclic amines) is 1. The SMILES string of the molecule is C=C1N([C@H](C)c2ccccc2)C(=O)CC[C@@]1(C)C(=O)NCc1ccccc1. The third-order valence-electron chi connectivity index (χ3n) is 5.50. The number of hydrogen-bond acceptors (Lipinski definition) is 2. The Morgan fingerprint density at radius 1 is 1.15 bits per heavy atom. The topological polar surface area (TPSA) is 49.4 Å². The van der Waals surface area contributed by atoms with E-state index in [1.807, 2.05) is 74.5 Å². The standard InChI is InChI=1S/C23H26N2O2/c1-17(20-12-8-5-9-13-20)25-18(2)23(3,15-14-21(25)26)22(27)24-16-19-10-6-4-7-11-19/h4-13,17H,2,14-16H2,1,3H3,(H,24,27)/t17-,23-/m1/s1. The first kappa shape index (κ1) is 18.9. The highest BCUT2D eigenvalue weighted by Crippen LogP contribution is 2.42. The lowest BCUT2D eigenvalue weighted by Crippen LogP contribution is -2.50. The molecule has 0 saturated carbocycles. The van der Waals surface area contributed by atoms with E-state index in [0.717, 1.165) is 11.1 Å². The fourth-order valence-corrected chi connectivity index (χ4v) is 3.59. The molecule has 3 rings (SSSR count). The van der Waals surface area contributed by atoms with Gasteiger partial charge in [-0.15, -0.1) is 0 Å². The van der Waals surface area contributed by atoms with Crippen LogP contribution in [0.2, 0.25) is 0 Å². The molecule has 0 radical (unpaired) electrons. The molecule has 1 heterocycles. The molecule has 4 nitrogen and oxygen atoms in total. The number of carbonyl (C=O) groups excluding carboxylic acids is 2. The highest BCUT2D eigenvalue weighted by Gasteiger charge is 2.45. The largest absolute Gasteiger partial charge is 0.351 e. The zero-order valence-corrected chi connectivity index (χ0v) is 15.9. The maximum Gasteiger partial charge on any atom is 0.232 e. The van der Waals surface area contributed by atoms with Crippen LogP contribution in [0, 0.1) is 5.41 Å². The Kier molecular flexibility index (Phi) is 5.45. The average molecular weight is 362 g/mol. The third kappa shape index (κ3) is 3.80. The maximum atomic E-state index is 13.0. The molecular formula is C23H26N2O2. The summed E-state index contributed by atoms with van der Waals surface area (Å²) < 4.78 is 0. The molecular weight excluding hydrogens is 336 g/mol. The van der Waals surface area contributed by atoms with E-state index < -0.39 is 5.41 Å². The van der Waals surface area contributed by atoms with Gasteiger partial charge in [-0.3, -0.25) is 9.59 Å². The molecule has 2 aromatic rings. The minimum absolute atomic E-state index is 0.0182. The van der Waals surface area contributed by atoms with E-state index in [4.69, 9.17) is 0 Å². The predicted octanol–water partition coefficient (Wildman–Crippen LogP) is 4.21. The molecule has 1 aliphatic rings. The van der Waals surface area contributed by atoms with Gasteiger partial charge in [0.2, 0.25) is 11.8 Å². The van der Waals surface area contributed by atoms with Crippen molar-refractivity contribution < 1.29 is 9.59 Å². The Labute approximate surface area is 160 Å². The summed E-state index contributed by atoms with van der Waals surface area (Å²) in [5, 5.41) is 3.02. The van der Waals surface area contributed by atoms with Gasteiger partial charge >= 0.3 is 0 Å². The summed E-state index contributed by atoms with van der Waals surface area (Å²) in [5.74, 6) is -0.0706. The summed E-state index contributed by atoms with van der Waals surface area (Å²) in [6, 6.07) is 19.5. The lowest BCUT2D eigenvalue weighted by atomic mass is 9.77. The summed E-state index contributed by atoms with van der Waals surface area (Å²) in [5.41, 5.74) is 1.84. The number of piperidine rings is 1. The number of nitrogens with zero attached hydrogens (tertiary/aromatic N) is 1. The van der Waals surface area contributed by atoms with Crippen molar-refractivity contribution in [3.05, 3.63) is 84.1 Å². The van der Waals surface area contributed by atoms with Gasteiger partial charge in [-0.1, -0.05) is 67.2 Å². The van der Waals surface area contributed by atoms with Crippen LogP contribution >= 0.6 is 0 Å². The van der Waals surface area contributed by atoms with Crippen molar-refractivity contribution >= 4 is 11.8 Å². The molecule has 1 saturated heterocycles.